The number of nitrogens with zero attached hydrogens (tertiary/aromatic N) is 3. The lowest BCUT2D eigenvalue weighted by atomic mass is 10.2. The predicted molar refractivity (Wildman–Crippen MR) is 110 cm³/mol. The van der Waals surface area contributed by atoms with Gasteiger partial charge < -0.3 is 9.80 Å². The number of halogens is 1. The van der Waals surface area contributed by atoms with Crippen LogP contribution in [0.4, 0.5) is 5.69 Å². The molecule has 2 aliphatic heterocycles. The number of amides is 1. The van der Waals surface area contributed by atoms with Crippen molar-refractivity contribution in [1.29, 1.82) is 0 Å². The summed E-state index contributed by atoms with van der Waals surface area (Å²) in [6.07, 6.45) is 1.88. The molecule has 1 amide bonds. The zero-order valence-electron chi connectivity index (χ0n) is 14.1. The van der Waals surface area contributed by atoms with Crippen LogP contribution in [0.3, 0.4) is 0 Å². The third-order valence-corrected chi connectivity index (χ3v) is 5.74. The van der Waals surface area contributed by atoms with Crippen molar-refractivity contribution in [3.8, 4) is 0 Å². The van der Waals surface area contributed by atoms with E-state index in [2.05, 4.69) is 39.1 Å². The van der Waals surface area contributed by atoms with Gasteiger partial charge in [-0.2, -0.15) is 4.99 Å². The first-order valence-electron chi connectivity index (χ1n) is 8.52. The number of thioether (sulfide) groups is 1. The number of para-hydroxylation sites is 1. The van der Waals surface area contributed by atoms with E-state index in [1.165, 1.54) is 17.4 Å². The molecule has 0 spiro atoms. The van der Waals surface area contributed by atoms with Crippen molar-refractivity contribution in [2.75, 3.05) is 31.1 Å². The molecule has 132 valence electrons. The molecule has 4 rings (SSSR count). The predicted octanol–water partition coefficient (Wildman–Crippen LogP) is 4.13. The Morgan fingerprint density at radius 3 is 2.27 bits per heavy atom. The lowest BCUT2D eigenvalue weighted by Gasteiger charge is -2.36. The van der Waals surface area contributed by atoms with Crippen LogP contribution in [0.15, 0.2) is 64.5 Å². The average Bonchev–Trinajstić information content (AvgIpc) is 3.05. The third-order valence-electron chi connectivity index (χ3n) is 4.45. The van der Waals surface area contributed by atoms with Crippen molar-refractivity contribution in [2.45, 2.75) is 0 Å². The second-order valence-corrected chi connectivity index (χ2v) is 7.62. The van der Waals surface area contributed by atoms with E-state index in [9.17, 15) is 4.79 Å². The Balaban J connectivity index is 1.40. The van der Waals surface area contributed by atoms with Gasteiger partial charge in [-0.3, -0.25) is 4.79 Å². The van der Waals surface area contributed by atoms with Gasteiger partial charge in [0.2, 0.25) is 0 Å². The third kappa shape index (κ3) is 3.79. The van der Waals surface area contributed by atoms with Crippen LogP contribution in [-0.4, -0.2) is 42.2 Å². The number of carbonyl (C=O) groups is 1. The largest absolute Gasteiger partial charge is 0.368 e. The Morgan fingerprint density at radius 1 is 0.923 bits per heavy atom. The van der Waals surface area contributed by atoms with Crippen LogP contribution >= 0.6 is 23.4 Å². The van der Waals surface area contributed by atoms with Crippen molar-refractivity contribution >= 4 is 46.2 Å². The van der Waals surface area contributed by atoms with E-state index in [-0.39, 0.29) is 5.91 Å². The molecule has 0 saturated carbocycles. The fourth-order valence-electron chi connectivity index (χ4n) is 3.04. The highest BCUT2D eigenvalue weighted by Gasteiger charge is 2.28. The van der Waals surface area contributed by atoms with Gasteiger partial charge in [0.05, 0.1) is 4.91 Å². The molecule has 2 aromatic rings. The number of piperazine rings is 1. The normalized spacial score (nSPS) is 19.2. The highest BCUT2D eigenvalue weighted by Crippen LogP contribution is 2.31. The van der Waals surface area contributed by atoms with E-state index in [4.69, 9.17) is 11.6 Å². The summed E-state index contributed by atoms with van der Waals surface area (Å²) in [7, 11) is 0. The lowest BCUT2D eigenvalue weighted by molar-refractivity contribution is -0.113. The molecule has 1 saturated heterocycles. The zero-order chi connectivity index (χ0) is 17.9. The minimum absolute atomic E-state index is 0.162. The number of benzene rings is 2. The summed E-state index contributed by atoms with van der Waals surface area (Å²) in [5.74, 6) is -0.162. The van der Waals surface area contributed by atoms with Crippen LogP contribution in [0.5, 0.6) is 0 Å². The highest BCUT2D eigenvalue weighted by atomic mass is 35.5. The van der Waals surface area contributed by atoms with E-state index in [0.717, 1.165) is 36.9 Å². The molecule has 2 heterocycles. The molecule has 0 aliphatic carbocycles. The van der Waals surface area contributed by atoms with Crippen molar-refractivity contribution in [1.82, 2.24) is 4.90 Å². The summed E-state index contributed by atoms with van der Waals surface area (Å²) in [5, 5.41) is 1.49. The first kappa shape index (κ1) is 17.2. The van der Waals surface area contributed by atoms with Crippen molar-refractivity contribution in [2.24, 2.45) is 4.99 Å². The number of hydrogen-bond donors (Lipinski definition) is 0. The number of rotatable bonds is 2. The molecule has 6 heteroatoms. The maximum atomic E-state index is 12.2. The summed E-state index contributed by atoms with van der Waals surface area (Å²) in [6, 6.07) is 17.9. The fraction of sp³-hybridized carbons (Fsp3) is 0.200. The van der Waals surface area contributed by atoms with Crippen molar-refractivity contribution < 1.29 is 4.79 Å². The molecule has 0 bridgehead atoms. The summed E-state index contributed by atoms with van der Waals surface area (Å²) >= 11 is 7.37. The number of hydrogen-bond acceptors (Lipinski definition) is 4. The molecule has 26 heavy (non-hydrogen) atoms. The Labute approximate surface area is 162 Å². The van der Waals surface area contributed by atoms with Gasteiger partial charge in [-0.1, -0.05) is 41.9 Å². The monoisotopic (exact) mass is 383 g/mol. The molecule has 0 N–H and O–H groups in total. The molecule has 0 unspecified atom stereocenters. The van der Waals surface area contributed by atoms with Crippen molar-refractivity contribution in [3.05, 3.63) is 70.1 Å². The maximum absolute atomic E-state index is 12.2. The molecule has 0 aromatic heterocycles. The molecular weight excluding hydrogens is 366 g/mol. The molecular formula is C20H18ClN3OS. The molecule has 1 fully saturated rings. The van der Waals surface area contributed by atoms with Crippen LogP contribution in [0, 0.1) is 0 Å². The van der Waals surface area contributed by atoms with Gasteiger partial charge in [0, 0.05) is 36.9 Å². The molecule has 0 atom stereocenters. The SMILES string of the molecule is O=C1N=C(N2CCN(c3ccccc3)CC2)S/C1=C/c1ccc(Cl)cc1. The molecule has 2 aliphatic rings. The molecule has 2 aromatic carbocycles. The number of amidine groups is 1. The van der Waals surface area contributed by atoms with Crippen LogP contribution < -0.4 is 4.90 Å². The number of aliphatic imine (C=N–C) groups is 1. The van der Waals surface area contributed by atoms with E-state index in [0.29, 0.717) is 9.93 Å². The summed E-state index contributed by atoms with van der Waals surface area (Å²) in [4.78, 5) is 21.7. The molecule has 4 nitrogen and oxygen atoms in total. The topological polar surface area (TPSA) is 35.9 Å². The summed E-state index contributed by atoms with van der Waals surface area (Å²) < 4.78 is 0. The Bertz CT molecular complexity index is 856. The van der Waals surface area contributed by atoms with Crippen LogP contribution in [0.1, 0.15) is 5.56 Å². The van der Waals surface area contributed by atoms with Crippen LogP contribution in [0.25, 0.3) is 6.08 Å². The Kier molecular flexibility index (Phi) is 5.00. The first-order chi connectivity index (χ1) is 12.7. The standard InChI is InChI=1S/C20H18ClN3OS/c21-16-8-6-15(7-9-16)14-18-19(25)22-20(26-18)24-12-10-23(11-13-24)17-4-2-1-3-5-17/h1-9,14H,10-13H2/b18-14+. The van der Waals surface area contributed by atoms with Gasteiger partial charge >= 0.3 is 0 Å². The van der Waals surface area contributed by atoms with Crippen molar-refractivity contribution in [3.63, 3.8) is 0 Å². The van der Waals surface area contributed by atoms with Gasteiger partial charge in [-0.05, 0) is 47.7 Å². The van der Waals surface area contributed by atoms with E-state index in [1.807, 2.05) is 36.4 Å². The number of carbonyl (C=O) groups excluding carboxylic acids is 1. The Hall–Kier alpha value is -2.24. The van der Waals surface area contributed by atoms with E-state index < -0.39 is 0 Å². The lowest BCUT2D eigenvalue weighted by Crippen LogP contribution is -2.47. The minimum atomic E-state index is -0.162. The second-order valence-electron chi connectivity index (χ2n) is 6.17. The van der Waals surface area contributed by atoms with Gasteiger partial charge in [0.25, 0.3) is 5.91 Å². The fourth-order valence-corrected chi connectivity index (χ4v) is 4.13. The van der Waals surface area contributed by atoms with Gasteiger partial charge in [-0.25, -0.2) is 0 Å². The maximum Gasteiger partial charge on any atom is 0.286 e. The highest BCUT2D eigenvalue weighted by molar-refractivity contribution is 8.18. The van der Waals surface area contributed by atoms with Gasteiger partial charge in [0.15, 0.2) is 5.17 Å². The zero-order valence-corrected chi connectivity index (χ0v) is 15.7. The van der Waals surface area contributed by atoms with Gasteiger partial charge in [-0.15, -0.1) is 0 Å². The smallest absolute Gasteiger partial charge is 0.286 e. The Morgan fingerprint density at radius 2 is 1.58 bits per heavy atom. The summed E-state index contributed by atoms with van der Waals surface area (Å²) in [5.41, 5.74) is 2.20. The average molecular weight is 384 g/mol. The number of anilines is 1. The van der Waals surface area contributed by atoms with Crippen LogP contribution in [-0.2, 0) is 4.79 Å². The quantitative estimate of drug-likeness (QED) is 0.730. The van der Waals surface area contributed by atoms with E-state index >= 15 is 0 Å². The second kappa shape index (κ2) is 7.56. The first-order valence-corrected chi connectivity index (χ1v) is 9.71. The van der Waals surface area contributed by atoms with Crippen LogP contribution in [0.2, 0.25) is 5.02 Å². The summed E-state index contributed by atoms with van der Waals surface area (Å²) in [6.45, 7) is 3.58. The molecule has 0 radical (unpaired) electrons. The minimum Gasteiger partial charge on any atom is -0.368 e. The van der Waals surface area contributed by atoms with E-state index in [1.54, 1.807) is 0 Å². The van der Waals surface area contributed by atoms with Gasteiger partial charge in [0.1, 0.15) is 0 Å².